The third-order valence-corrected chi connectivity index (χ3v) is 5.21. The predicted octanol–water partition coefficient (Wildman–Crippen LogP) is 1.21. The average Bonchev–Trinajstić information content (AvgIpc) is 2.75. The summed E-state index contributed by atoms with van der Waals surface area (Å²) in [5.74, 6) is 0. The van der Waals surface area contributed by atoms with E-state index in [1.165, 1.54) is 12.1 Å². The van der Waals surface area contributed by atoms with E-state index in [9.17, 15) is 13.5 Å². The fourth-order valence-corrected chi connectivity index (χ4v) is 4.05. The molecule has 2 atom stereocenters. The van der Waals surface area contributed by atoms with Crippen LogP contribution in [0.2, 0.25) is 0 Å². The minimum atomic E-state index is -3.79. The maximum atomic E-state index is 12.5. The number of nitrogens with one attached hydrogen (secondary N) is 1. The topological polar surface area (TPSA) is 92.4 Å². The molecule has 110 valence electrons. The number of anilines is 1. The molecule has 5 nitrogen and oxygen atoms in total. The van der Waals surface area contributed by atoms with E-state index in [-0.39, 0.29) is 10.6 Å². The lowest BCUT2D eigenvalue weighted by molar-refractivity contribution is 0.151. The first-order chi connectivity index (χ1) is 9.99. The predicted molar refractivity (Wildman–Crippen MR) is 80.1 cm³/mol. The zero-order chi connectivity index (χ0) is 15.0. The summed E-state index contributed by atoms with van der Waals surface area (Å²) in [6, 6.07) is 13.0. The zero-order valence-corrected chi connectivity index (χ0v) is 12.0. The summed E-state index contributed by atoms with van der Waals surface area (Å²) in [6.45, 7) is 0. The fourth-order valence-electron chi connectivity index (χ4n) is 2.67. The van der Waals surface area contributed by atoms with Gasteiger partial charge in [-0.25, -0.2) is 13.1 Å². The van der Waals surface area contributed by atoms with Crippen LogP contribution in [0, 0.1) is 0 Å². The number of sulfonamides is 1. The maximum absolute atomic E-state index is 12.5. The largest absolute Gasteiger partial charge is 0.398 e. The number of rotatable bonds is 3. The first-order valence-corrected chi connectivity index (χ1v) is 8.10. The molecule has 2 aromatic rings. The molecule has 1 aliphatic carbocycles. The number of benzene rings is 2. The molecule has 0 radical (unpaired) electrons. The van der Waals surface area contributed by atoms with Crippen molar-refractivity contribution in [3.05, 3.63) is 59.7 Å². The van der Waals surface area contributed by atoms with Crippen molar-refractivity contribution in [2.24, 2.45) is 0 Å². The number of fused-ring (bicyclic) bond motifs is 1. The van der Waals surface area contributed by atoms with Gasteiger partial charge in [-0.15, -0.1) is 0 Å². The van der Waals surface area contributed by atoms with Crippen molar-refractivity contribution >= 4 is 15.7 Å². The van der Waals surface area contributed by atoms with Crippen molar-refractivity contribution in [1.29, 1.82) is 0 Å². The summed E-state index contributed by atoms with van der Waals surface area (Å²) in [4.78, 5) is 0.0292. The Labute approximate surface area is 123 Å². The summed E-state index contributed by atoms with van der Waals surface area (Å²) >= 11 is 0. The van der Waals surface area contributed by atoms with Crippen LogP contribution in [-0.2, 0) is 16.4 Å². The average molecular weight is 304 g/mol. The SMILES string of the molecule is Nc1ccccc1S(=O)(=O)N[C@H]1c2ccccc2C[C@H]1O. The van der Waals surface area contributed by atoms with Crippen molar-refractivity contribution in [3.63, 3.8) is 0 Å². The molecule has 1 aliphatic rings. The maximum Gasteiger partial charge on any atom is 0.243 e. The molecule has 0 bridgehead atoms. The zero-order valence-electron chi connectivity index (χ0n) is 11.2. The van der Waals surface area contributed by atoms with Crippen molar-refractivity contribution in [3.8, 4) is 0 Å². The molecule has 4 N–H and O–H groups in total. The van der Waals surface area contributed by atoms with Crippen LogP contribution in [-0.4, -0.2) is 19.6 Å². The number of hydrogen-bond donors (Lipinski definition) is 3. The van der Waals surface area contributed by atoms with E-state index in [0.717, 1.165) is 11.1 Å². The van der Waals surface area contributed by atoms with E-state index in [1.54, 1.807) is 12.1 Å². The summed E-state index contributed by atoms with van der Waals surface area (Å²) in [7, 11) is -3.79. The van der Waals surface area contributed by atoms with Crippen LogP contribution >= 0.6 is 0 Å². The standard InChI is InChI=1S/C15H16N2O3S/c16-12-7-3-4-8-14(12)21(19,20)17-15-11-6-2-1-5-10(11)9-13(15)18/h1-8,13,15,17-18H,9,16H2/t13-,15+/m1/s1. The van der Waals surface area contributed by atoms with Gasteiger partial charge in [0.1, 0.15) is 4.90 Å². The molecule has 6 heteroatoms. The number of para-hydroxylation sites is 1. The highest BCUT2D eigenvalue weighted by atomic mass is 32.2. The lowest BCUT2D eigenvalue weighted by Crippen LogP contribution is -2.34. The van der Waals surface area contributed by atoms with Crippen molar-refractivity contribution < 1.29 is 13.5 Å². The monoisotopic (exact) mass is 304 g/mol. The number of aliphatic hydroxyl groups is 1. The molecule has 0 aromatic heterocycles. The molecule has 2 aromatic carbocycles. The molecule has 21 heavy (non-hydrogen) atoms. The summed E-state index contributed by atoms with van der Waals surface area (Å²) < 4.78 is 27.5. The highest BCUT2D eigenvalue weighted by molar-refractivity contribution is 7.89. The van der Waals surface area contributed by atoms with Gasteiger partial charge in [0, 0.05) is 6.42 Å². The van der Waals surface area contributed by atoms with Crippen LogP contribution in [0.25, 0.3) is 0 Å². The van der Waals surface area contributed by atoms with Gasteiger partial charge >= 0.3 is 0 Å². The van der Waals surface area contributed by atoms with E-state index in [2.05, 4.69) is 4.72 Å². The molecular weight excluding hydrogens is 288 g/mol. The van der Waals surface area contributed by atoms with Gasteiger partial charge in [0.15, 0.2) is 0 Å². The van der Waals surface area contributed by atoms with Gasteiger partial charge in [-0.05, 0) is 23.3 Å². The Balaban J connectivity index is 1.95. The number of hydrogen-bond acceptors (Lipinski definition) is 4. The van der Waals surface area contributed by atoms with E-state index in [0.29, 0.717) is 6.42 Å². The number of aliphatic hydroxyl groups excluding tert-OH is 1. The van der Waals surface area contributed by atoms with Crippen LogP contribution in [0.4, 0.5) is 5.69 Å². The summed E-state index contributed by atoms with van der Waals surface area (Å²) in [5, 5.41) is 10.1. The van der Waals surface area contributed by atoms with Crippen molar-refractivity contribution in [1.82, 2.24) is 4.72 Å². The van der Waals surface area contributed by atoms with Gasteiger partial charge in [-0.3, -0.25) is 0 Å². The Bertz CT molecular complexity index is 774. The Kier molecular flexibility index (Phi) is 3.44. The minimum Gasteiger partial charge on any atom is -0.398 e. The van der Waals surface area contributed by atoms with Crippen LogP contribution in [0.3, 0.4) is 0 Å². The first-order valence-electron chi connectivity index (χ1n) is 6.62. The van der Waals surface area contributed by atoms with Crippen LogP contribution < -0.4 is 10.5 Å². The van der Waals surface area contributed by atoms with E-state index in [4.69, 9.17) is 5.73 Å². The van der Waals surface area contributed by atoms with E-state index >= 15 is 0 Å². The highest BCUT2D eigenvalue weighted by Crippen LogP contribution is 2.33. The first kappa shape index (κ1) is 14.1. The second-order valence-electron chi connectivity index (χ2n) is 5.11. The van der Waals surface area contributed by atoms with Gasteiger partial charge in [-0.2, -0.15) is 0 Å². The van der Waals surface area contributed by atoms with E-state index < -0.39 is 22.2 Å². The Hall–Kier alpha value is -1.89. The van der Waals surface area contributed by atoms with E-state index in [1.807, 2.05) is 24.3 Å². The van der Waals surface area contributed by atoms with Crippen LogP contribution in [0.1, 0.15) is 17.2 Å². The number of nitrogen functional groups attached to an aromatic ring is 1. The van der Waals surface area contributed by atoms with Crippen LogP contribution in [0.5, 0.6) is 0 Å². The molecular formula is C15H16N2O3S. The Morgan fingerprint density at radius 3 is 2.52 bits per heavy atom. The molecule has 0 heterocycles. The lowest BCUT2D eigenvalue weighted by atomic mass is 10.1. The fraction of sp³-hybridized carbons (Fsp3) is 0.200. The van der Waals surface area contributed by atoms with Gasteiger partial charge in [0.2, 0.25) is 10.0 Å². The Morgan fingerprint density at radius 2 is 1.76 bits per heavy atom. The third kappa shape index (κ3) is 2.53. The van der Waals surface area contributed by atoms with Gasteiger partial charge in [0.25, 0.3) is 0 Å². The normalized spacial score (nSPS) is 21.2. The number of nitrogens with two attached hydrogens (primary N) is 1. The summed E-state index contributed by atoms with van der Waals surface area (Å²) in [6.07, 6.45) is -0.338. The third-order valence-electron chi connectivity index (χ3n) is 3.69. The van der Waals surface area contributed by atoms with Crippen LogP contribution in [0.15, 0.2) is 53.4 Å². The molecule has 0 aliphatic heterocycles. The second-order valence-corrected chi connectivity index (χ2v) is 6.79. The molecule has 0 unspecified atom stereocenters. The molecule has 0 saturated heterocycles. The molecule has 3 rings (SSSR count). The van der Waals surface area contributed by atoms with Crippen molar-refractivity contribution in [2.45, 2.75) is 23.5 Å². The van der Waals surface area contributed by atoms with Gasteiger partial charge < -0.3 is 10.8 Å². The second kappa shape index (κ2) is 5.14. The Morgan fingerprint density at radius 1 is 1.10 bits per heavy atom. The smallest absolute Gasteiger partial charge is 0.243 e. The molecule has 0 amide bonds. The van der Waals surface area contributed by atoms with Gasteiger partial charge in [0.05, 0.1) is 17.8 Å². The quantitative estimate of drug-likeness (QED) is 0.743. The van der Waals surface area contributed by atoms with Gasteiger partial charge in [-0.1, -0.05) is 36.4 Å². The molecule has 0 saturated carbocycles. The lowest BCUT2D eigenvalue weighted by Gasteiger charge is -2.18. The summed E-state index contributed by atoms with van der Waals surface area (Å²) in [5.41, 5.74) is 7.68. The highest BCUT2D eigenvalue weighted by Gasteiger charge is 2.34. The molecule has 0 spiro atoms. The molecule has 0 fully saturated rings. The van der Waals surface area contributed by atoms with Crippen molar-refractivity contribution in [2.75, 3.05) is 5.73 Å². The minimum absolute atomic E-state index is 0.0292.